The maximum Gasteiger partial charge on any atom is 0.456 e. The Kier molecular flexibility index (Phi) is 5.53. The minimum Gasteiger partial charge on any atom is -0.315 e. The second-order valence-corrected chi connectivity index (χ2v) is 6.90. The summed E-state index contributed by atoms with van der Waals surface area (Å²) in [5, 5.41) is 1.61. The maximum atomic E-state index is 14.1. The maximum absolute atomic E-state index is 14.1. The Morgan fingerprint density at radius 2 is 1.83 bits per heavy atom. The molecule has 2 heterocycles. The number of pyridine rings is 1. The van der Waals surface area contributed by atoms with Gasteiger partial charge in [-0.3, -0.25) is 4.79 Å². The van der Waals surface area contributed by atoms with Gasteiger partial charge in [0.1, 0.15) is 5.01 Å². The molecular formula is C19H12F5N3OS. The monoisotopic (exact) mass is 425 g/mol. The van der Waals surface area contributed by atoms with Crippen molar-refractivity contribution in [2.45, 2.75) is 25.1 Å². The summed E-state index contributed by atoms with van der Waals surface area (Å²) in [4.78, 5) is 19.4. The van der Waals surface area contributed by atoms with Crippen LogP contribution in [0.3, 0.4) is 0 Å². The first kappa shape index (κ1) is 20.7. The number of aromatic nitrogens is 2. The Balaban J connectivity index is 2.21. The van der Waals surface area contributed by atoms with Crippen molar-refractivity contribution in [1.29, 1.82) is 0 Å². The largest absolute Gasteiger partial charge is 0.456 e. The van der Waals surface area contributed by atoms with Gasteiger partial charge in [0.15, 0.2) is 0 Å². The third kappa shape index (κ3) is 3.91. The lowest BCUT2D eigenvalue weighted by Gasteiger charge is -2.23. The van der Waals surface area contributed by atoms with Gasteiger partial charge in [-0.1, -0.05) is 30.3 Å². The summed E-state index contributed by atoms with van der Waals surface area (Å²) in [6, 6.07) is 9.47. The molecule has 0 amide bonds. The molecule has 0 saturated carbocycles. The Morgan fingerprint density at radius 1 is 1.14 bits per heavy atom. The molecule has 29 heavy (non-hydrogen) atoms. The highest BCUT2D eigenvalue weighted by atomic mass is 32.1. The zero-order valence-corrected chi connectivity index (χ0v) is 15.4. The number of thiazole rings is 1. The fourth-order valence-electron chi connectivity index (χ4n) is 2.77. The predicted molar refractivity (Wildman–Crippen MR) is 98.2 cm³/mol. The smallest absolute Gasteiger partial charge is 0.315 e. The molecular weight excluding hydrogens is 413 g/mol. The van der Waals surface area contributed by atoms with E-state index >= 15 is 0 Å². The number of halogens is 5. The van der Waals surface area contributed by atoms with Crippen LogP contribution in [0.2, 0.25) is 0 Å². The highest BCUT2D eigenvalue weighted by molar-refractivity contribution is 7.13. The van der Waals surface area contributed by atoms with Crippen LogP contribution in [0, 0.1) is 6.57 Å². The lowest BCUT2D eigenvalue weighted by atomic mass is 10.1. The molecule has 0 bridgehead atoms. The number of rotatable bonds is 5. The average molecular weight is 425 g/mol. The van der Waals surface area contributed by atoms with E-state index in [1.165, 1.54) is 11.6 Å². The van der Waals surface area contributed by atoms with Crippen molar-refractivity contribution >= 4 is 17.0 Å². The van der Waals surface area contributed by atoms with E-state index in [9.17, 15) is 26.7 Å². The van der Waals surface area contributed by atoms with Crippen molar-refractivity contribution in [3.05, 3.63) is 80.9 Å². The van der Waals surface area contributed by atoms with E-state index in [-0.39, 0.29) is 17.2 Å². The Labute approximate surface area is 165 Å². The van der Waals surface area contributed by atoms with Gasteiger partial charge >= 0.3 is 12.1 Å². The van der Waals surface area contributed by atoms with Gasteiger partial charge in [0.25, 0.3) is 11.2 Å². The second kappa shape index (κ2) is 7.75. The van der Waals surface area contributed by atoms with Crippen LogP contribution in [0.5, 0.6) is 0 Å². The van der Waals surface area contributed by atoms with Crippen LogP contribution in [0.15, 0.2) is 52.8 Å². The number of benzene rings is 1. The van der Waals surface area contributed by atoms with Gasteiger partial charge in [-0.2, -0.15) is 22.0 Å². The molecule has 0 unspecified atom stereocenters. The first-order valence-corrected chi connectivity index (χ1v) is 9.09. The van der Waals surface area contributed by atoms with Crippen LogP contribution in [0.4, 0.5) is 27.6 Å². The molecule has 0 atom stereocenters. The molecule has 0 saturated heterocycles. The summed E-state index contributed by atoms with van der Waals surface area (Å²) in [6.45, 7) is 7.03. The molecule has 1 aromatic carbocycles. The van der Waals surface area contributed by atoms with E-state index in [2.05, 4.69) is 9.83 Å². The zero-order chi connectivity index (χ0) is 21.2. The zero-order valence-electron chi connectivity index (χ0n) is 14.6. The van der Waals surface area contributed by atoms with Gasteiger partial charge in [-0.15, -0.1) is 11.3 Å². The molecule has 0 aliphatic carbocycles. The minimum atomic E-state index is -5.95. The van der Waals surface area contributed by atoms with Crippen LogP contribution in [0.25, 0.3) is 15.5 Å². The van der Waals surface area contributed by atoms with Crippen molar-refractivity contribution < 1.29 is 22.0 Å². The molecule has 2 aromatic heterocycles. The van der Waals surface area contributed by atoms with Crippen LogP contribution in [-0.4, -0.2) is 15.7 Å². The van der Waals surface area contributed by atoms with E-state index in [0.29, 0.717) is 12.5 Å². The van der Waals surface area contributed by atoms with Crippen molar-refractivity contribution in [1.82, 2.24) is 9.55 Å². The van der Waals surface area contributed by atoms with Crippen molar-refractivity contribution in [2.24, 2.45) is 0 Å². The van der Waals surface area contributed by atoms with Crippen molar-refractivity contribution in [3.63, 3.8) is 0 Å². The van der Waals surface area contributed by atoms with Gasteiger partial charge in [0.2, 0.25) is 0 Å². The Hall–Kier alpha value is -3.06. The molecule has 0 aliphatic heterocycles. The normalized spacial score (nSPS) is 12.0. The molecule has 0 aliphatic rings. The first-order valence-electron chi connectivity index (χ1n) is 8.21. The Bertz CT molecular complexity index is 1100. The van der Waals surface area contributed by atoms with Gasteiger partial charge in [-0.25, -0.2) is 9.83 Å². The van der Waals surface area contributed by atoms with E-state index in [1.807, 2.05) is 0 Å². The van der Waals surface area contributed by atoms with Crippen LogP contribution in [-0.2, 0) is 18.9 Å². The summed E-state index contributed by atoms with van der Waals surface area (Å²) >= 11 is 0.986. The summed E-state index contributed by atoms with van der Waals surface area (Å²) in [6.07, 6.45) is -4.29. The molecule has 4 nitrogen and oxygen atoms in total. The molecule has 10 heteroatoms. The number of alkyl halides is 5. The van der Waals surface area contributed by atoms with Gasteiger partial charge in [0.05, 0.1) is 12.3 Å². The highest BCUT2D eigenvalue weighted by Gasteiger charge is 2.60. The predicted octanol–water partition coefficient (Wildman–Crippen LogP) is 5.42. The quantitative estimate of drug-likeness (QED) is 0.405. The van der Waals surface area contributed by atoms with Crippen LogP contribution < -0.4 is 5.56 Å². The molecule has 150 valence electrons. The number of hydrogen-bond acceptors (Lipinski definition) is 3. The average Bonchev–Trinajstić information content (AvgIpc) is 3.20. The third-order valence-electron chi connectivity index (χ3n) is 4.20. The topological polar surface area (TPSA) is 39.2 Å². The fourth-order valence-corrected chi connectivity index (χ4v) is 3.43. The third-order valence-corrected chi connectivity index (χ3v) is 4.99. The van der Waals surface area contributed by atoms with Crippen molar-refractivity contribution in [3.8, 4) is 10.7 Å². The molecule has 0 radical (unpaired) electrons. The summed E-state index contributed by atoms with van der Waals surface area (Å²) < 4.78 is 68.0. The molecule has 0 N–H and O–H groups in total. The molecule has 3 rings (SSSR count). The van der Waals surface area contributed by atoms with Gasteiger partial charge < -0.3 is 4.57 Å². The highest BCUT2D eigenvalue weighted by Crippen LogP contribution is 2.47. The van der Waals surface area contributed by atoms with Gasteiger partial charge in [-0.05, 0) is 18.1 Å². The summed E-state index contributed by atoms with van der Waals surface area (Å²) in [7, 11) is 0. The molecule has 3 aromatic rings. The fraction of sp³-hybridized carbons (Fsp3) is 0.211. The summed E-state index contributed by atoms with van der Waals surface area (Å²) in [5.74, 6) is -5.35. The van der Waals surface area contributed by atoms with E-state index in [0.717, 1.165) is 21.5 Å². The number of aryl methyl sites for hydroxylation is 1. The molecule has 0 spiro atoms. The lowest BCUT2D eigenvalue weighted by molar-refractivity contribution is -0.289. The lowest BCUT2D eigenvalue weighted by Crippen LogP contribution is -2.36. The standard InChI is InChI=1S/C19H12F5N3OS/c1-25-15-13(18(20,21)19(22,23)24)11-14(16-26-8-10-29-16)27(17(15)28)9-7-12-5-3-2-4-6-12/h2-6,8,10-11H,7,9H2. The minimum absolute atomic E-state index is 0.0157. The molecule has 0 fully saturated rings. The Morgan fingerprint density at radius 3 is 2.38 bits per heavy atom. The van der Waals surface area contributed by atoms with Gasteiger partial charge in [0, 0.05) is 23.7 Å². The number of nitrogens with zero attached hydrogens (tertiary/aromatic N) is 3. The van der Waals surface area contributed by atoms with Crippen LogP contribution >= 0.6 is 11.3 Å². The van der Waals surface area contributed by atoms with E-state index in [4.69, 9.17) is 6.57 Å². The summed E-state index contributed by atoms with van der Waals surface area (Å²) in [5.41, 5.74) is -3.47. The number of hydrogen-bond donors (Lipinski definition) is 0. The second-order valence-electron chi connectivity index (χ2n) is 6.01. The SMILES string of the molecule is [C-]#[N+]c1c(C(F)(F)C(F)(F)F)cc(-c2nccs2)n(CCc2ccccc2)c1=O. The van der Waals surface area contributed by atoms with Crippen molar-refractivity contribution in [2.75, 3.05) is 0 Å². The van der Waals surface area contributed by atoms with E-state index in [1.54, 1.807) is 30.3 Å². The van der Waals surface area contributed by atoms with Crippen LogP contribution in [0.1, 0.15) is 11.1 Å². The van der Waals surface area contributed by atoms with E-state index < -0.39 is 28.9 Å². The first-order chi connectivity index (χ1) is 13.7.